The third-order valence-corrected chi connectivity index (χ3v) is 4.31. The number of ether oxygens (including phenoxy) is 1. The highest BCUT2D eigenvalue weighted by atomic mass is 32.2. The second-order valence-electron chi connectivity index (χ2n) is 5.82. The summed E-state index contributed by atoms with van der Waals surface area (Å²) in [7, 11) is 0. The quantitative estimate of drug-likeness (QED) is 0.755. The van der Waals surface area contributed by atoms with Gasteiger partial charge in [-0.15, -0.1) is 0 Å². The van der Waals surface area contributed by atoms with Crippen LogP contribution in [0.2, 0.25) is 0 Å². The van der Waals surface area contributed by atoms with Crippen molar-refractivity contribution in [3.63, 3.8) is 0 Å². The van der Waals surface area contributed by atoms with E-state index in [4.69, 9.17) is 4.74 Å². The molecule has 0 saturated heterocycles. The van der Waals surface area contributed by atoms with Crippen molar-refractivity contribution in [2.45, 2.75) is 70.3 Å². The molecule has 0 amide bonds. The van der Waals surface area contributed by atoms with Gasteiger partial charge in [-0.1, -0.05) is 13.3 Å². The Morgan fingerprint density at radius 2 is 2.11 bits per heavy atom. The number of esters is 1. The molecule has 106 valence electrons. The molecule has 2 atom stereocenters. The second kappa shape index (κ2) is 7.39. The number of carbonyl (C=O) groups excluding carboxylic acids is 1. The molecule has 1 aliphatic rings. The number of nitrogens with one attached hydrogen (secondary N) is 1. The molecule has 1 N–H and O–H groups in total. The van der Waals surface area contributed by atoms with Crippen molar-refractivity contribution >= 4 is 17.7 Å². The summed E-state index contributed by atoms with van der Waals surface area (Å²) in [6.07, 6.45) is 4.33. The molecule has 0 radical (unpaired) electrons. The molecule has 1 aliphatic carbocycles. The van der Waals surface area contributed by atoms with Crippen molar-refractivity contribution in [2.75, 3.05) is 12.3 Å². The third kappa shape index (κ3) is 6.10. The Bertz CT molecular complexity index is 263. The molecule has 2 unspecified atom stereocenters. The minimum atomic E-state index is -0.370. The van der Waals surface area contributed by atoms with E-state index in [0.717, 1.165) is 11.8 Å². The molecule has 0 aromatic heterocycles. The number of rotatable bonds is 6. The third-order valence-electron chi connectivity index (χ3n) is 2.99. The van der Waals surface area contributed by atoms with E-state index in [0.29, 0.717) is 12.5 Å². The zero-order chi connectivity index (χ0) is 13.6. The Balaban J connectivity index is 2.19. The van der Waals surface area contributed by atoms with Gasteiger partial charge in [0.2, 0.25) is 0 Å². The van der Waals surface area contributed by atoms with E-state index in [1.54, 1.807) is 0 Å². The molecule has 0 aliphatic heterocycles. The lowest BCUT2D eigenvalue weighted by Crippen LogP contribution is -2.36. The highest BCUT2D eigenvalue weighted by molar-refractivity contribution is 7.99. The molecule has 3 nitrogen and oxygen atoms in total. The molecule has 1 fully saturated rings. The van der Waals surface area contributed by atoms with E-state index in [1.807, 2.05) is 32.5 Å². The predicted molar refractivity (Wildman–Crippen MR) is 78.0 cm³/mol. The first-order chi connectivity index (χ1) is 8.42. The molecule has 0 bridgehead atoms. The lowest BCUT2D eigenvalue weighted by Gasteiger charge is -2.22. The van der Waals surface area contributed by atoms with Crippen LogP contribution in [0.1, 0.15) is 53.4 Å². The van der Waals surface area contributed by atoms with Crippen LogP contribution in [0.5, 0.6) is 0 Å². The first-order valence-electron chi connectivity index (χ1n) is 6.99. The lowest BCUT2D eigenvalue weighted by molar-refractivity contribution is -0.154. The molecule has 0 heterocycles. The summed E-state index contributed by atoms with van der Waals surface area (Å²) in [4.78, 5) is 11.6. The van der Waals surface area contributed by atoms with Crippen LogP contribution in [-0.4, -0.2) is 35.2 Å². The summed E-state index contributed by atoms with van der Waals surface area (Å²) in [5.41, 5.74) is -0.370. The van der Waals surface area contributed by atoms with E-state index >= 15 is 0 Å². The van der Waals surface area contributed by atoms with Crippen molar-refractivity contribution in [1.29, 1.82) is 0 Å². The molecule has 0 aromatic carbocycles. The van der Waals surface area contributed by atoms with Crippen LogP contribution in [0.15, 0.2) is 0 Å². The highest BCUT2D eigenvalue weighted by Crippen LogP contribution is 2.29. The average molecular weight is 273 g/mol. The number of thioether (sulfide) groups is 1. The van der Waals surface area contributed by atoms with E-state index in [2.05, 4.69) is 12.2 Å². The maximum atomic E-state index is 11.6. The zero-order valence-electron chi connectivity index (χ0n) is 12.1. The van der Waals surface area contributed by atoms with Gasteiger partial charge in [-0.25, -0.2) is 0 Å². The summed E-state index contributed by atoms with van der Waals surface area (Å²) >= 11 is 2.04. The minimum absolute atomic E-state index is 0.104. The number of hydrogen-bond donors (Lipinski definition) is 1. The van der Waals surface area contributed by atoms with Crippen LogP contribution in [0.3, 0.4) is 0 Å². The first-order valence-corrected chi connectivity index (χ1v) is 8.04. The van der Waals surface area contributed by atoms with Crippen LogP contribution in [0, 0.1) is 0 Å². The molecule has 0 spiro atoms. The molecule has 0 aromatic rings. The minimum Gasteiger partial charge on any atom is -0.460 e. The summed E-state index contributed by atoms with van der Waals surface area (Å²) < 4.78 is 5.29. The zero-order valence-corrected chi connectivity index (χ0v) is 12.9. The summed E-state index contributed by atoms with van der Waals surface area (Å²) in [6.45, 7) is 8.66. The standard InChI is InChI=1S/C14H27NO2S/c1-5-18-12-8-6-7-11(12)15-10-9-13(16)17-14(2,3)4/h11-12,15H,5-10H2,1-4H3. The van der Waals surface area contributed by atoms with Gasteiger partial charge in [-0.05, 0) is 39.4 Å². The molecule has 4 heteroatoms. The number of hydrogen-bond acceptors (Lipinski definition) is 4. The van der Waals surface area contributed by atoms with Crippen molar-refractivity contribution in [3.8, 4) is 0 Å². The Morgan fingerprint density at radius 3 is 2.72 bits per heavy atom. The molecule has 18 heavy (non-hydrogen) atoms. The van der Waals surface area contributed by atoms with Gasteiger partial charge in [0.1, 0.15) is 5.60 Å². The van der Waals surface area contributed by atoms with Crippen LogP contribution >= 0.6 is 11.8 Å². The molecule has 1 saturated carbocycles. The van der Waals surface area contributed by atoms with E-state index in [1.165, 1.54) is 25.0 Å². The van der Waals surface area contributed by atoms with Crippen LogP contribution in [0.4, 0.5) is 0 Å². The van der Waals surface area contributed by atoms with Gasteiger partial charge in [-0.3, -0.25) is 4.79 Å². The predicted octanol–water partition coefficient (Wildman–Crippen LogP) is 2.98. The van der Waals surface area contributed by atoms with Gasteiger partial charge in [0, 0.05) is 17.8 Å². The van der Waals surface area contributed by atoms with Gasteiger partial charge < -0.3 is 10.1 Å². The average Bonchev–Trinajstić information content (AvgIpc) is 2.64. The van der Waals surface area contributed by atoms with Crippen molar-refractivity contribution in [1.82, 2.24) is 5.32 Å². The smallest absolute Gasteiger partial charge is 0.307 e. The Hall–Kier alpha value is -0.220. The summed E-state index contributed by atoms with van der Waals surface area (Å²) in [5, 5.41) is 4.24. The molecular weight excluding hydrogens is 246 g/mol. The van der Waals surface area contributed by atoms with Crippen LogP contribution < -0.4 is 5.32 Å². The Labute approximate surface area is 115 Å². The maximum absolute atomic E-state index is 11.6. The van der Waals surface area contributed by atoms with E-state index < -0.39 is 0 Å². The fourth-order valence-corrected chi connectivity index (χ4v) is 3.55. The first kappa shape index (κ1) is 15.8. The van der Waals surface area contributed by atoms with Crippen LogP contribution in [-0.2, 0) is 9.53 Å². The topological polar surface area (TPSA) is 38.3 Å². The maximum Gasteiger partial charge on any atom is 0.307 e. The normalized spacial score (nSPS) is 24.2. The van der Waals surface area contributed by atoms with Gasteiger partial charge >= 0.3 is 5.97 Å². The van der Waals surface area contributed by atoms with Gasteiger partial charge in [0.05, 0.1) is 6.42 Å². The van der Waals surface area contributed by atoms with Gasteiger partial charge in [-0.2, -0.15) is 11.8 Å². The van der Waals surface area contributed by atoms with Gasteiger partial charge in [0.15, 0.2) is 0 Å². The monoisotopic (exact) mass is 273 g/mol. The highest BCUT2D eigenvalue weighted by Gasteiger charge is 2.26. The summed E-state index contributed by atoms with van der Waals surface area (Å²) in [5.74, 6) is 1.07. The Morgan fingerprint density at radius 1 is 1.39 bits per heavy atom. The van der Waals surface area contributed by atoms with Crippen molar-refractivity contribution in [2.24, 2.45) is 0 Å². The van der Waals surface area contributed by atoms with Crippen molar-refractivity contribution < 1.29 is 9.53 Å². The van der Waals surface area contributed by atoms with Gasteiger partial charge in [0.25, 0.3) is 0 Å². The fourth-order valence-electron chi connectivity index (χ4n) is 2.33. The van der Waals surface area contributed by atoms with Crippen LogP contribution in [0.25, 0.3) is 0 Å². The summed E-state index contributed by atoms with van der Waals surface area (Å²) in [6, 6.07) is 0.581. The number of carbonyl (C=O) groups is 1. The van der Waals surface area contributed by atoms with E-state index in [9.17, 15) is 4.79 Å². The molecular formula is C14H27NO2S. The lowest BCUT2D eigenvalue weighted by atomic mass is 10.2. The second-order valence-corrected chi connectivity index (χ2v) is 7.34. The Kier molecular flexibility index (Phi) is 6.50. The fraction of sp³-hybridized carbons (Fsp3) is 0.929. The largest absolute Gasteiger partial charge is 0.460 e. The van der Waals surface area contributed by atoms with E-state index in [-0.39, 0.29) is 11.6 Å². The SMILES string of the molecule is CCSC1CCCC1NCCC(=O)OC(C)(C)C. The van der Waals surface area contributed by atoms with Crippen molar-refractivity contribution in [3.05, 3.63) is 0 Å². The molecule has 1 rings (SSSR count).